The van der Waals surface area contributed by atoms with Crippen LogP contribution in [0.5, 0.6) is 0 Å². The molecule has 2 N–H and O–H groups in total. The SMILES string of the molecule is CCC(O)CN(CC(O)CC)C(=O)OC(C)(C)C. The second kappa shape index (κ2) is 7.59. The topological polar surface area (TPSA) is 70.0 Å². The summed E-state index contributed by atoms with van der Waals surface area (Å²) in [7, 11) is 0. The van der Waals surface area contributed by atoms with Gasteiger partial charge in [0.05, 0.1) is 25.3 Å². The fourth-order valence-electron chi connectivity index (χ4n) is 1.32. The minimum absolute atomic E-state index is 0.183. The number of nitrogens with zero attached hydrogens (tertiary/aromatic N) is 1. The molecule has 0 radical (unpaired) electrons. The first-order valence-electron chi connectivity index (χ1n) is 6.53. The van der Waals surface area contributed by atoms with Gasteiger partial charge >= 0.3 is 6.09 Å². The van der Waals surface area contributed by atoms with Crippen LogP contribution in [-0.4, -0.2) is 52.1 Å². The summed E-state index contributed by atoms with van der Waals surface area (Å²) in [5, 5.41) is 19.3. The number of carbonyl (C=O) groups is 1. The lowest BCUT2D eigenvalue weighted by molar-refractivity contribution is 0.00251. The van der Waals surface area contributed by atoms with Gasteiger partial charge in [0.2, 0.25) is 0 Å². The zero-order chi connectivity index (χ0) is 14.3. The van der Waals surface area contributed by atoms with Gasteiger partial charge in [0.15, 0.2) is 0 Å². The molecule has 0 aromatic carbocycles. The summed E-state index contributed by atoms with van der Waals surface area (Å²) in [6.45, 7) is 9.41. The van der Waals surface area contributed by atoms with Crippen LogP contribution in [0.15, 0.2) is 0 Å². The van der Waals surface area contributed by atoms with E-state index in [0.29, 0.717) is 12.8 Å². The first-order chi connectivity index (χ1) is 8.19. The molecule has 0 aromatic heterocycles. The number of aliphatic hydroxyl groups excluding tert-OH is 2. The number of aliphatic hydroxyl groups is 2. The number of carbonyl (C=O) groups excluding carboxylic acids is 1. The highest BCUT2D eigenvalue weighted by molar-refractivity contribution is 5.68. The highest BCUT2D eigenvalue weighted by Crippen LogP contribution is 2.11. The van der Waals surface area contributed by atoms with Crippen LogP contribution in [0, 0.1) is 0 Å². The molecule has 0 saturated heterocycles. The van der Waals surface area contributed by atoms with Gasteiger partial charge in [0.25, 0.3) is 0 Å². The molecule has 0 aliphatic rings. The van der Waals surface area contributed by atoms with Gasteiger partial charge in [-0.05, 0) is 33.6 Å². The summed E-state index contributed by atoms with van der Waals surface area (Å²) < 4.78 is 5.26. The van der Waals surface area contributed by atoms with Crippen LogP contribution in [-0.2, 0) is 4.74 Å². The largest absolute Gasteiger partial charge is 0.444 e. The molecule has 1 amide bonds. The molecule has 0 spiro atoms. The maximum Gasteiger partial charge on any atom is 0.410 e. The van der Waals surface area contributed by atoms with Gasteiger partial charge in [0.1, 0.15) is 5.60 Å². The van der Waals surface area contributed by atoms with E-state index < -0.39 is 23.9 Å². The molecule has 2 unspecified atom stereocenters. The normalized spacial score (nSPS) is 15.1. The van der Waals surface area contributed by atoms with Crippen LogP contribution in [0.4, 0.5) is 4.79 Å². The lowest BCUT2D eigenvalue weighted by Crippen LogP contribution is -2.44. The molecule has 108 valence electrons. The zero-order valence-electron chi connectivity index (χ0n) is 12.1. The van der Waals surface area contributed by atoms with E-state index in [4.69, 9.17) is 4.74 Å². The summed E-state index contributed by atoms with van der Waals surface area (Å²) in [5.74, 6) is 0. The van der Waals surface area contributed by atoms with Crippen molar-refractivity contribution in [1.29, 1.82) is 0 Å². The Morgan fingerprint density at radius 2 is 1.50 bits per heavy atom. The quantitative estimate of drug-likeness (QED) is 0.764. The third-order valence-electron chi connectivity index (χ3n) is 2.46. The van der Waals surface area contributed by atoms with Crippen LogP contribution in [0.1, 0.15) is 47.5 Å². The molecular weight excluding hydrogens is 234 g/mol. The zero-order valence-corrected chi connectivity index (χ0v) is 12.1. The average Bonchev–Trinajstić information content (AvgIpc) is 2.25. The fraction of sp³-hybridized carbons (Fsp3) is 0.923. The Balaban J connectivity index is 4.58. The van der Waals surface area contributed by atoms with Crippen molar-refractivity contribution >= 4 is 6.09 Å². The van der Waals surface area contributed by atoms with Crippen LogP contribution in [0.2, 0.25) is 0 Å². The lowest BCUT2D eigenvalue weighted by Gasteiger charge is -2.29. The maximum atomic E-state index is 11.9. The van der Waals surface area contributed by atoms with E-state index in [1.807, 2.05) is 13.8 Å². The van der Waals surface area contributed by atoms with E-state index in [1.54, 1.807) is 20.8 Å². The van der Waals surface area contributed by atoms with Crippen molar-refractivity contribution in [1.82, 2.24) is 4.90 Å². The maximum absolute atomic E-state index is 11.9. The van der Waals surface area contributed by atoms with E-state index in [0.717, 1.165) is 0 Å². The number of hydrogen-bond donors (Lipinski definition) is 2. The van der Waals surface area contributed by atoms with Gasteiger partial charge < -0.3 is 19.8 Å². The van der Waals surface area contributed by atoms with Crippen LogP contribution in [0.25, 0.3) is 0 Å². The molecule has 5 nitrogen and oxygen atoms in total. The Bertz CT molecular complexity index is 238. The fourth-order valence-corrected chi connectivity index (χ4v) is 1.32. The molecule has 0 bridgehead atoms. The molecule has 0 aliphatic carbocycles. The van der Waals surface area contributed by atoms with Crippen molar-refractivity contribution in [3.63, 3.8) is 0 Å². The summed E-state index contributed by atoms with van der Waals surface area (Å²) in [5.41, 5.74) is -0.580. The molecule has 18 heavy (non-hydrogen) atoms. The van der Waals surface area contributed by atoms with Gasteiger partial charge in [-0.3, -0.25) is 0 Å². The van der Waals surface area contributed by atoms with Gasteiger partial charge in [0, 0.05) is 0 Å². The van der Waals surface area contributed by atoms with Crippen molar-refractivity contribution in [3.05, 3.63) is 0 Å². The van der Waals surface area contributed by atoms with E-state index >= 15 is 0 Å². The summed E-state index contributed by atoms with van der Waals surface area (Å²) in [6.07, 6.45) is -0.575. The van der Waals surface area contributed by atoms with E-state index in [9.17, 15) is 15.0 Å². The molecule has 0 saturated carbocycles. The summed E-state index contributed by atoms with van der Waals surface area (Å²) in [6, 6.07) is 0. The summed E-state index contributed by atoms with van der Waals surface area (Å²) >= 11 is 0. The van der Waals surface area contributed by atoms with Crippen LogP contribution < -0.4 is 0 Å². The van der Waals surface area contributed by atoms with Crippen molar-refractivity contribution in [2.24, 2.45) is 0 Å². The Labute approximate surface area is 110 Å². The highest BCUT2D eigenvalue weighted by Gasteiger charge is 2.25. The molecule has 0 aliphatic heterocycles. The van der Waals surface area contributed by atoms with Crippen molar-refractivity contribution in [3.8, 4) is 0 Å². The first-order valence-corrected chi connectivity index (χ1v) is 6.53. The van der Waals surface area contributed by atoms with Crippen LogP contribution in [0.3, 0.4) is 0 Å². The number of amides is 1. The minimum atomic E-state index is -0.596. The van der Waals surface area contributed by atoms with E-state index in [2.05, 4.69) is 0 Å². The molecule has 0 heterocycles. The predicted molar refractivity (Wildman–Crippen MR) is 70.4 cm³/mol. The monoisotopic (exact) mass is 261 g/mol. The Morgan fingerprint density at radius 3 is 1.78 bits per heavy atom. The van der Waals surface area contributed by atoms with Gasteiger partial charge in [-0.2, -0.15) is 0 Å². The molecule has 0 aromatic rings. The van der Waals surface area contributed by atoms with E-state index in [1.165, 1.54) is 4.90 Å². The standard InChI is InChI=1S/C13H27NO4/c1-6-10(15)8-14(9-11(16)7-2)12(17)18-13(3,4)5/h10-11,15-16H,6-9H2,1-5H3. The second-order valence-electron chi connectivity index (χ2n) is 5.51. The van der Waals surface area contributed by atoms with Gasteiger partial charge in [-0.25, -0.2) is 4.79 Å². The third kappa shape index (κ3) is 7.50. The number of ether oxygens (including phenoxy) is 1. The molecular formula is C13H27NO4. The van der Waals surface area contributed by atoms with Crippen molar-refractivity contribution in [2.75, 3.05) is 13.1 Å². The Kier molecular flexibility index (Phi) is 7.25. The third-order valence-corrected chi connectivity index (χ3v) is 2.46. The highest BCUT2D eigenvalue weighted by atomic mass is 16.6. The molecule has 5 heteroatoms. The average molecular weight is 261 g/mol. The van der Waals surface area contributed by atoms with E-state index in [-0.39, 0.29) is 13.1 Å². The molecule has 0 rings (SSSR count). The van der Waals surface area contributed by atoms with Crippen molar-refractivity contribution < 1.29 is 19.7 Å². The number of hydrogen-bond acceptors (Lipinski definition) is 4. The number of rotatable bonds is 6. The van der Waals surface area contributed by atoms with Crippen LogP contribution >= 0.6 is 0 Å². The first kappa shape index (κ1) is 17.2. The lowest BCUT2D eigenvalue weighted by atomic mass is 10.2. The molecule has 2 atom stereocenters. The summed E-state index contributed by atoms with van der Waals surface area (Å²) in [4.78, 5) is 13.3. The van der Waals surface area contributed by atoms with Crippen molar-refractivity contribution in [2.45, 2.75) is 65.3 Å². The minimum Gasteiger partial charge on any atom is -0.444 e. The van der Waals surface area contributed by atoms with Gasteiger partial charge in [-0.15, -0.1) is 0 Å². The second-order valence-corrected chi connectivity index (χ2v) is 5.51. The molecule has 0 fully saturated rings. The Hall–Kier alpha value is -0.810. The van der Waals surface area contributed by atoms with Gasteiger partial charge in [-0.1, -0.05) is 13.8 Å². The smallest absolute Gasteiger partial charge is 0.410 e. The Morgan fingerprint density at radius 1 is 1.11 bits per heavy atom. The predicted octanol–water partition coefficient (Wildman–Crippen LogP) is 1.77.